The van der Waals surface area contributed by atoms with Crippen LogP contribution in [0.25, 0.3) is 0 Å². The maximum Gasteiger partial charge on any atom is 0.259 e. The molecule has 86 valence electrons. The molecule has 5 nitrogen and oxygen atoms in total. The molecule has 0 radical (unpaired) electrons. The highest BCUT2D eigenvalue weighted by Gasteiger charge is 2.09. The van der Waals surface area contributed by atoms with Gasteiger partial charge in [0.05, 0.1) is 6.54 Å². The molecule has 0 saturated carbocycles. The summed E-state index contributed by atoms with van der Waals surface area (Å²) in [6.07, 6.45) is 0. The Morgan fingerprint density at radius 3 is 2.94 bits per heavy atom. The van der Waals surface area contributed by atoms with Gasteiger partial charge in [0.1, 0.15) is 5.75 Å². The normalized spacial score (nSPS) is 9.56. The van der Waals surface area contributed by atoms with Crippen LogP contribution in [0.5, 0.6) is 5.75 Å². The van der Waals surface area contributed by atoms with E-state index in [1.807, 2.05) is 17.9 Å². The Hall–Kier alpha value is -2.04. The fourth-order valence-electron chi connectivity index (χ4n) is 1.37. The Balaban J connectivity index is 2.74. The second kappa shape index (κ2) is 5.75. The van der Waals surface area contributed by atoms with Gasteiger partial charge in [0.25, 0.3) is 5.91 Å². The quantitative estimate of drug-likeness (QED) is 0.574. The number of hydrogen-bond acceptors (Lipinski definition) is 4. The fourth-order valence-corrected chi connectivity index (χ4v) is 1.37. The summed E-state index contributed by atoms with van der Waals surface area (Å²) in [4.78, 5) is 13.1. The number of carbonyl (C=O) groups is 1. The summed E-state index contributed by atoms with van der Waals surface area (Å²) in [5, 5.41) is 12.6. The van der Waals surface area contributed by atoms with Gasteiger partial charge in [0, 0.05) is 25.0 Å². The van der Waals surface area contributed by atoms with Crippen molar-refractivity contribution in [1.29, 1.82) is 0 Å². The fraction of sp³-hybridized carbons (Fsp3) is 0.273. The molecule has 1 rings (SSSR count). The molecule has 0 unspecified atom stereocenters. The van der Waals surface area contributed by atoms with Gasteiger partial charge in [-0.25, -0.2) is 5.43 Å². The summed E-state index contributed by atoms with van der Waals surface area (Å²) in [6.45, 7) is 5.95. The molecular formula is C11H15N3O2. The zero-order valence-electron chi connectivity index (χ0n) is 9.18. The van der Waals surface area contributed by atoms with Gasteiger partial charge in [-0.2, -0.15) is 5.10 Å². The van der Waals surface area contributed by atoms with Crippen LogP contribution in [0.4, 0.5) is 5.69 Å². The van der Waals surface area contributed by atoms with Gasteiger partial charge in [-0.3, -0.25) is 4.79 Å². The highest BCUT2D eigenvalue weighted by atomic mass is 16.3. The molecule has 0 fully saturated rings. The van der Waals surface area contributed by atoms with Crippen LogP contribution >= 0.6 is 0 Å². The van der Waals surface area contributed by atoms with E-state index in [1.54, 1.807) is 18.2 Å². The molecule has 1 amide bonds. The number of likely N-dealkylation sites (N-methyl/N-ethyl adjacent to an activating group) is 1. The van der Waals surface area contributed by atoms with E-state index in [-0.39, 0.29) is 18.2 Å². The van der Waals surface area contributed by atoms with E-state index in [1.165, 1.54) is 0 Å². The van der Waals surface area contributed by atoms with Crippen LogP contribution < -0.4 is 10.3 Å². The molecule has 0 saturated heterocycles. The van der Waals surface area contributed by atoms with E-state index >= 15 is 0 Å². The number of rotatable bonds is 5. The Morgan fingerprint density at radius 2 is 2.38 bits per heavy atom. The molecular weight excluding hydrogens is 206 g/mol. The number of aromatic hydroxyl groups is 1. The minimum atomic E-state index is -0.236. The van der Waals surface area contributed by atoms with Gasteiger partial charge in [-0.1, -0.05) is 6.07 Å². The first-order valence-electron chi connectivity index (χ1n) is 4.96. The lowest BCUT2D eigenvalue weighted by Gasteiger charge is -2.21. The van der Waals surface area contributed by atoms with Gasteiger partial charge in [0.15, 0.2) is 0 Å². The number of hydrazone groups is 1. The minimum absolute atomic E-state index is 0.179. The standard InChI is InChI=1S/C11H15N3O2/c1-3-14(8-11(16)13-12-2)9-5-4-6-10(15)7-9/h4-7,15H,2-3,8H2,1H3,(H,13,16). The zero-order valence-corrected chi connectivity index (χ0v) is 9.18. The monoisotopic (exact) mass is 221 g/mol. The first-order chi connectivity index (χ1) is 7.67. The molecule has 0 spiro atoms. The maximum atomic E-state index is 11.3. The number of anilines is 1. The molecule has 0 atom stereocenters. The minimum Gasteiger partial charge on any atom is -0.508 e. The zero-order chi connectivity index (χ0) is 12.0. The third kappa shape index (κ3) is 3.27. The number of phenols is 1. The third-order valence-corrected chi connectivity index (χ3v) is 2.11. The van der Waals surface area contributed by atoms with Gasteiger partial charge < -0.3 is 10.0 Å². The van der Waals surface area contributed by atoms with E-state index in [0.717, 1.165) is 5.69 Å². The van der Waals surface area contributed by atoms with Gasteiger partial charge in [-0.15, -0.1) is 0 Å². The number of phenolic OH excluding ortho intramolecular Hbond substituents is 1. The molecule has 5 heteroatoms. The van der Waals surface area contributed by atoms with Crippen molar-refractivity contribution in [3.8, 4) is 5.75 Å². The molecule has 0 bridgehead atoms. The van der Waals surface area contributed by atoms with Crippen molar-refractivity contribution in [3.05, 3.63) is 24.3 Å². The SMILES string of the molecule is C=NNC(=O)CN(CC)c1cccc(O)c1. The second-order valence-electron chi connectivity index (χ2n) is 3.23. The van der Waals surface area contributed by atoms with Crippen LogP contribution in [0.1, 0.15) is 6.92 Å². The molecule has 1 aromatic carbocycles. The molecule has 0 aliphatic carbocycles. The highest BCUT2D eigenvalue weighted by Crippen LogP contribution is 2.19. The van der Waals surface area contributed by atoms with Crippen molar-refractivity contribution in [2.45, 2.75) is 6.92 Å². The number of nitrogens with one attached hydrogen (secondary N) is 1. The van der Waals surface area contributed by atoms with Gasteiger partial charge in [-0.05, 0) is 19.1 Å². The van der Waals surface area contributed by atoms with Crippen molar-refractivity contribution in [1.82, 2.24) is 5.43 Å². The number of amides is 1. The molecule has 16 heavy (non-hydrogen) atoms. The Bertz CT molecular complexity index is 379. The molecule has 0 aliphatic rings. The van der Waals surface area contributed by atoms with Gasteiger partial charge >= 0.3 is 0 Å². The summed E-state index contributed by atoms with van der Waals surface area (Å²) in [7, 11) is 0. The Labute approximate surface area is 94.4 Å². The predicted octanol–water partition coefficient (Wildman–Crippen LogP) is 0.950. The molecule has 0 aromatic heterocycles. The lowest BCUT2D eigenvalue weighted by atomic mass is 10.2. The van der Waals surface area contributed by atoms with E-state index in [2.05, 4.69) is 17.2 Å². The average molecular weight is 221 g/mol. The number of benzene rings is 1. The summed E-state index contributed by atoms with van der Waals surface area (Å²) in [6, 6.07) is 6.76. The second-order valence-corrected chi connectivity index (χ2v) is 3.23. The predicted molar refractivity (Wildman–Crippen MR) is 63.7 cm³/mol. The van der Waals surface area contributed by atoms with Crippen molar-refractivity contribution in [3.63, 3.8) is 0 Å². The van der Waals surface area contributed by atoms with Crippen molar-refractivity contribution >= 4 is 18.3 Å². The molecule has 0 heterocycles. The summed E-state index contributed by atoms with van der Waals surface area (Å²) in [5.74, 6) is -0.0570. The van der Waals surface area contributed by atoms with Crippen LogP contribution in [-0.2, 0) is 4.79 Å². The molecule has 1 aromatic rings. The van der Waals surface area contributed by atoms with Crippen molar-refractivity contribution < 1.29 is 9.90 Å². The largest absolute Gasteiger partial charge is 0.508 e. The number of hydrogen-bond donors (Lipinski definition) is 2. The van der Waals surface area contributed by atoms with Crippen LogP contribution in [0.15, 0.2) is 29.4 Å². The summed E-state index contributed by atoms with van der Waals surface area (Å²) < 4.78 is 0. The maximum absolute atomic E-state index is 11.3. The lowest BCUT2D eigenvalue weighted by molar-refractivity contribution is -0.119. The smallest absolute Gasteiger partial charge is 0.259 e. The van der Waals surface area contributed by atoms with E-state index in [0.29, 0.717) is 6.54 Å². The van der Waals surface area contributed by atoms with E-state index < -0.39 is 0 Å². The highest BCUT2D eigenvalue weighted by molar-refractivity contribution is 5.81. The van der Waals surface area contributed by atoms with E-state index in [4.69, 9.17) is 0 Å². The van der Waals surface area contributed by atoms with Crippen LogP contribution in [0.2, 0.25) is 0 Å². The van der Waals surface area contributed by atoms with Crippen LogP contribution in [0.3, 0.4) is 0 Å². The Morgan fingerprint density at radius 1 is 1.62 bits per heavy atom. The topological polar surface area (TPSA) is 64.9 Å². The van der Waals surface area contributed by atoms with Crippen molar-refractivity contribution in [2.24, 2.45) is 5.10 Å². The number of carbonyl (C=O) groups excluding carboxylic acids is 1. The molecule has 0 aliphatic heterocycles. The first kappa shape index (κ1) is 12.0. The summed E-state index contributed by atoms with van der Waals surface area (Å²) >= 11 is 0. The molecule has 2 N–H and O–H groups in total. The first-order valence-corrected chi connectivity index (χ1v) is 4.96. The van der Waals surface area contributed by atoms with Crippen molar-refractivity contribution in [2.75, 3.05) is 18.0 Å². The lowest BCUT2D eigenvalue weighted by Crippen LogP contribution is -2.35. The van der Waals surface area contributed by atoms with Crippen LogP contribution in [0, 0.1) is 0 Å². The third-order valence-electron chi connectivity index (χ3n) is 2.11. The van der Waals surface area contributed by atoms with Gasteiger partial charge in [0.2, 0.25) is 0 Å². The Kier molecular flexibility index (Phi) is 4.32. The average Bonchev–Trinajstić information content (AvgIpc) is 2.26. The van der Waals surface area contributed by atoms with E-state index in [9.17, 15) is 9.90 Å². The summed E-state index contributed by atoms with van der Waals surface area (Å²) in [5.41, 5.74) is 3.06. The van der Waals surface area contributed by atoms with Crippen LogP contribution in [-0.4, -0.2) is 30.8 Å². The number of nitrogens with zero attached hydrogens (tertiary/aromatic N) is 2.